The highest BCUT2D eigenvalue weighted by molar-refractivity contribution is 7.08. The van der Waals surface area contributed by atoms with E-state index >= 15 is 0 Å². The molecule has 0 aliphatic carbocycles. The Morgan fingerprint density at radius 3 is 2.58 bits per heavy atom. The van der Waals surface area contributed by atoms with Crippen LogP contribution in [0, 0.1) is 0 Å². The molecule has 2 aromatic rings. The van der Waals surface area contributed by atoms with Crippen LogP contribution in [-0.2, 0) is 10.4 Å². The third-order valence-electron chi connectivity index (χ3n) is 3.68. The van der Waals surface area contributed by atoms with E-state index in [1.807, 2.05) is 22.9 Å². The fraction of sp³-hybridized carbons (Fsp3) is 0.333. The summed E-state index contributed by atoms with van der Waals surface area (Å²) < 4.78 is 0. The molecule has 2 atom stereocenters. The van der Waals surface area contributed by atoms with E-state index in [-0.39, 0.29) is 30.8 Å². The maximum absolute atomic E-state index is 12.0. The van der Waals surface area contributed by atoms with Gasteiger partial charge in [-0.1, -0.05) is 18.2 Å². The fourth-order valence-corrected chi connectivity index (χ4v) is 3.02. The number of amides is 2. The molecule has 0 saturated carbocycles. The minimum absolute atomic E-state index is 0.127. The van der Waals surface area contributed by atoms with Crippen molar-refractivity contribution in [3.8, 4) is 0 Å². The highest BCUT2D eigenvalue weighted by Gasteiger charge is 2.24. The maximum Gasteiger partial charge on any atom is 0.251 e. The average molecular weight is 346 g/mol. The zero-order chi connectivity index (χ0) is 17.6. The van der Waals surface area contributed by atoms with E-state index < -0.39 is 5.60 Å². The Balaban J connectivity index is 1.78. The summed E-state index contributed by atoms with van der Waals surface area (Å²) in [4.78, 5) is 24.0. The SMILES string of the molecule is CC(CC(=O)NCC(C)(O)c1ccsc1)NC(=O)c1ccccc1. The smallest absolute Gasteiger partial charge is 0.251 e. The molecule has 128 valence electrons. The fourth-order valence-electron chi connectivity index (χ4n) is 2.24. The Bertz CT molecular complexity index is 669. The predicted octanol–water partition coefficient (Wildman–Crippen LogP) is 2.28. The zero-order valence-corrected chi connectivity index (χ0v) is 14.6. The van der Waals surface area contributed by atoms with Crippen molar-refractivity contribution in [3.63, 3.8) is 0 Å². The number of thiophene rings is 1. The van der Waals surface area contributed by atoms with Crippen LogP contribution in [0.15, 0.2) is 47.2 Å². The summed E-state index contributed by atoms with van der Waals surface area (Å²) in [5, 5.41) is 19.6. The van der Waals surface area contributed by atoms with Crippen molar-refractivity contribution in [3.05, 3.63) is 58.3 Å². The third-order valence-corrected chi connectivity index (χ3v) is 4.36. The second-order valence-corrected chi connectivity index (χ2v) is 6.79. The van der Waals surface area contributed by atoms with Gasteiger partial charge < -0.3 is 15.7 Å². The first-order chi connectivity index (χ1) is 11.4. The lowest BCUT2D eigenvalue weighted by Crippen LogP contribution is -2.41. The zero-order valence-electron chi connectivity index (χ0n) is 13.8. The predicted molar refractivity (Wildman–Crippen MR) is 94.9 cm³/mol. The van der Waals surface area contributed by atoms with Gasteiger partial charge in [0, 0.05) is 18.0 Å². The van der Waals surface area contributed by atoms with E-state index in [4.69, 9.17) is 0 Å². The summed E-state index contributed by atoms with van der Waals surface area (Å²) in [7, 11) is 0. The van der Waals surface area contributed by atoms with Gasteiger partial charge in [0.25, 0.3) is 5.91 Å². The topological polar surface area (TPSA) is 78.4 Å². The Morgan fingerprint density at radius 2 is 1.96 bits per heavy atom. The summed E-state index contributed by atoms with van der Waals surface area (Å²) in [5.74, 6) is -0.424. The van der Waals surface area contributed by atoms with Crippen molar-refractivity contribution in [1.29, 1.82) is 0 Å². The van der Waals surface area contributed by atoms with Gasteiger partial charge in [0.2, 0.25) is 5.91 Å². The molecule has 2 unspecified atom stereocenters. The molecule has 1 aromatic carbocycles. The number of benzene rings is 1. The lowest BCUT2D eigenvalue weighted by molar-refractivity contribution is -0.122. The standard InChI is InChI=1S/C18H22N2O3S/c1-13(20-17(22)14-6-4-3-5-7-14)10-16(21)19-12-18(2,23)15-8-9-24-11-15/h3-9,11,13,23H,10,12H2,1-2H3,(H,19,21)(H,20,22). The Morgan fingerprint density at radius 1 is 1.25 bits per heavy atom. The molecule has 5 nitrogen and oxygen atoms in total. The average Bonchev–Trinajstić information content (AvgIpc) is 3.09. The highest BCUT2D eigenvalue weighted by Crippen LogP contribution is 2.22. The van der Waals surface area contributed by atoms with Crippen LogP contribution in [0.1, 0.15) is 36.2 Å². The maximum atomic E-state index is 12.0. The monoisotopic (exact) mass is 346 g/mol. The summed E-state index contributed by atoms with van der Waals surface area (Å²) >= 11 is 1.50. The minimum atomic E-state index is -1.10. The number of carbonyl (C=O) groups is 2. The second-order valence-electron chi connectivity index (χ2n) is 6.01. The van der Waals surface area contributed by atoms with E-state index in [0.29, 0.717) is 5.56 Å². The van der Waals surface area contributed by atoms with Crippen molar-refractivity contribution in [2.24, 2.45) is 0 Å². The number of carbonyl (C=O) groups excluding carboxylic acids is 2. The molecule has 2 amide bonds. The summed E-state index contributed by atoms with van der Waals surface area (Å²) in [6.07, 6.45) is 0.151. The van der Waals surface area contributed by atoms with Gasteiger partial charge in [-0.25, -0.2) is 0 Å². The first-order valence-electron chi connectivity index (χ1n) is 7.76. The second kappa shape index (κ2) is 8.08. The van der Waals surface area contributed by atoms with E-state index in [9.17, 15) is 14.7 Å². The Labute approximate surface area is 145 Å². The largest absolute Gasteiger partial charge is 0.384 e. The number of aliphatic hydroxyl groups is 1. The first kappa shape index (κ1) is 18.2. The van der Waals surface area contributed by atoms with Crippen molar-refractivity contribution in [2.45, 2.75) is 31.9 Å². The molecule has 0 bridgehead atoms. The van der Waals surface area contributed by atoms with Crippen LogP contribution < -0.4 is 10.6 Å². The van der Waals surface area contributed by atoms with Gasteiger partial charge in [0.05, 0.1) is 6.54 Å². The molecule has 0 aliphatic rings. The summed E-state index contributed by atoms with van der Waals surface area (Å²) in [6.45, 7) is 3.56. The van der Waals surface area contributed by atoms with Gasteiger partial charge >= 0.3 is 0 Å². The molecule has 6 heteroatoms. The van der Waals surface area contributed by atoms with Crippen molar-refractivity contribution in [2.75, 3.05) is 6.54 Å². The number of hydrogen-bond acceptors (Lipinski definition) is 4. The van der Waals surface area contributed by atoms with E-state index in [1.165, 1.54) is 11.3 Å². The molecule has 3 N–H and O–H groups in total. The van der Waals surface area contributed by atoms with Gasteiger partial charge in [0.15, 0.2) is 0 Å². The van der Waals surface area contributed by atoms with E-state index in [1.54, 1.807) is 38.1 Å². The molecule has 0 spiro atoms. The van der Waals surface area contributed by atoms with E-state index in [0.717, 1.165) is 5.56 Å². The van der Waals surface area contributed by atoms with Crippen molar-refractivity contribution >= 4 is 23.2 Å². The van der Waals surface area contributed by atoms with Crippen molar-refractivity contribution in [1.82, 2.24) is 10.6 Å². The normalized spacial score (nSPS) is 14.5. The van der Waals surface area contributed by atoms with Gasteiger partial charge in [0.1, 0.15) is 5.60 Å². The molecule has 0 saturated heterocycles. The van der Waals surface area contributed by atoms with Crippen LogP contribution in [0.4, 0.5) is 0 Å². The summed E-state index contributed by atoms with van der Waals surface area (Å²) in [6, 6.07) is 10.4. The molecular formula is C18H22N2O3S. The molecule has 0 radical (unpaired) electrons. The number of hydrogen-bond donors (Lipinski definition) is 3. The minimum Gasteiger partial charge on any atom is -0.384 e. The van der Waals surface area contributed by atoms with Crippen LogP contribution in [0.3, 0.4) is 0 Å². The molecular weight excluding hydrogens is 324 g/mol. The number of rotatable bonds is 7. The van der Waals surface area contributed by atoms with Gasteiger partial charge in [-0.2, -0.15) is 11.3 Å². The van der Waals surface area contributed by atoms with Gasteiger partial charge in [-0.05, 0) is 48.4 Å². The highest BCUT2D eigenvalue weighted by atomic mass is 32.1. The Hall–Kier alpha value is -2.18. The number of nitrogens with one attached hydrogen (secondary N) is 2. The Kier molecular flexibility index (Phi) is 6.11. The molecule has 0 fully saturated rings. The van der Waals surface area contributed by atoms with Gasteiger partial charge in [-0.15, -0.1) is 0 Å². The molecule has 24 heavy (non-hydrogen) atoms. The molecule has 1 heterocycles. The van der Waals surface area contributed by atoms with Crippen LogP contribution >= 0.6 is 11.3 Å². The van der Waals surface area contributed by atoms with E-state index in [2.05, 4.69) is 10.6 Å². The first-order valence-corrected chi connectivity index (χ1v) is 8.70. The van der Waals surface area contributed by atoms with Crippen molar-refractivity contribution < 1.29 is 14.7 Å². The molecule has 0 aliphatic heterocycles. The molecule has 2 rings (SSSR count). The molecule has 1 aromatic heterocycles. The third kappa shape index (κ3) is 5.18. The summed E-state index contributed by atoms with van der Waals surface area (Å²) in [5.41, 5.74) is 0.231. The van der Waals surface area contributed by atoms with Gasteiger partial charge in [-0.3, -0.25) is 9.59 Å². The van der Waals surface area contributed by atoms with Crippen LogP contribution in [0.5, 0.6) is 0 Å². The van der Waals surface area contributed by atoms with Crippen LogP contribution in [-0.4, -0.2) is 29.5 Å². The lowest BCUT2D eigenvalue weighted by atomic mass is 9.99. The lowest BCUT2D eigenvalue weighted by Gasteiger charge is -2.23. The quantitative estimate of drug-likeness (QED) is 0.720. The van der Waals surface area contributed by atoms with Crippen LogP contribution in [0.2, 0.25) is 0 Å². The van der Waals surface area contributed by atoms with Crippen LogP contribution in [0.25, 0.3) is 0 Å².